The molecule has 0 fully saturated rings. The summed E-state index contributed by atoms with van der Waals surface area (Å²) in [5.41, 5.74) is -0.237. The maximum Gasteiger partial charge on any atom is 0.311 e. The van der Waals surface area contributed by atoms with Crippen molar-refractivity contribution in [3.05, 3.63) is 34.4 Å². The molecular formula is C16H21NO6. The van der Waals surface area contributed by atoms with Gasteiger partial charge in [-0.1, -0.05) is 25.5 Å². The molecule has 0 heterocycles. The Morgan fingerprint density at radius 2 is 1.74 bits per heavy atom. The number of benzene rings is 1. The molecule has 0 radical (unpaired) electrons. The van der Waals surface area contributed by atoms with Crippen LogP contribution in [0.5, 0.6) is 5.75 Å². The summed E-state index contributed by atoms with van der Waals surface area (Å²) in [4.78, 5) is 33.2. The van der Waals surface area contributed by atoms with E-state index in [2.05, 4.69) is 0 Å². The number of ether oxygens (including phenoxy) is 2. The van der Waals surface area contributed by atoms with Crippen molar-refractivity contribution < 1.29 is 24.0 Å². The monoisotopic (exact) mass is 323 g/mol. The molecule has 0 amide bonds. The summed E-state index contributed by atoms with van der Waals surface area (Å²) < 4.78 is 9.95. The predicted molar refractivity (Wildman–Crippen MR) is 83.1 cm³/mol. The van der Waals surface area contributed by atoms with Crippen molar-refractivity contribution in [1.82, 2.24) is 0 Å². The van der Waals surface area contributed by atoms with Crippen LogP contribution in [0.4, 0.5) is 5.69 Å². The van der Waals surface area contributed by atoms with Crippen molar-refractivity contribution in [3.8, 4) is 5.75 Å². The molecule has 0 aromatic heterocycles. The molecule has 126 valence electrons. The molecular weight excluding hydrogens is 302 g/mol. The van der Waals surface area contributed by atoms with Gasteiger partial charge in [0.1, 0.15) is 0 Å². The minimum Gasteiger partial charge on any atom is -0.466 e. The summed E-state index contributed by atoms with van der Waals surface area (Å²) in [5.74, 6) is -0.798. The number of nitrogens with zero attached hydrogens (tertiary/aromatic N) is 1. The van der Waals surface area contributed by atoms with Crippen LogP contribution in [-0.2, 0) is 14.3 Å². The molecule has 0 unspecified atom stereocenters. The lowest BCUT2D eigenvalue weighted by molar-refractivity contribution is -0.385. The van der Waals surface area contributed by atoms with Gasteiger partial charge in [-0.05, 0) is 25.3 Å². The lowest BCUT2D eigenvalue weighted by Gasteiger charge is -2.05. The van der Waals surface area contributed by atoms with E-state index in [1.165, 1.54) is 18.2 Å². The molecule has 0 aliphatic heterocycles. The molecule has 1 aromatic rings. The van der Waals surface area contributed by atoms with Crippen LogP contribution in [0, 0.1) is 10.1 Å². The van der Waals surface area contributed by atoms with Gasteiger partial charge in [0.05, 0.1) is 11.5 Å². The summed E-state index contributed by atoms with van der Waals surface area (Å²) in [6.07, 6.45) is 3.16. The number of carbonyl (C=O) groups is 2. The van der Waals surface area contributed by atoms with E-state index in [9.17, 15) is 19.7 Å². The van der Waals surface area contributed by atoms with Crippen LogP contribution in [0.15, 0.2) is 24.3 Å². The number of carbonyl (C=O) groups excluding carboxylic acids is 2. The van der Waals surface area contributed by atoms with Crippen LogP contribution in [0.25, 0.3) is 0 Å². The average Bonchev–Trinajstić information content (AvgIpc) is 2.52. The molecule has 0 spiro atoms. The molecule has 7 nitrogen and oxygen atoms in total. The van der Waals surface area contributed by atoms with E-state index < -0.39 is 10.9 Å². The van der Waals surface area contributed by atoms with E-state index in [0.717, 1.165) is 6.42 Å². The number of nitro benzene ring substituents is 1. The lowest BCUT2D eigenvalue weighted by atomic mass is 10.1. The molecule has 1 rings (SSSR count). The third kappa shape index (κ3) is 7.39. The fraction of sp³-hybridized carbons (Fsp3) is 0.500. The Balaban J connectivity index is 2.25. The second-order valence-corrected chi connectivity index (χ2v) is 4.98. The standard InChI is InChI=1S/C16H21NO6/c1-2-12-22-15(18)10-4-3-5-11-16(19)23-14-9-7-6-8-13(14)17(20)21/h6-9H,2-5,10-12H2,1H3. The van der Waals surface area contributed by atoms with Crippen LogP contribution in [0.1, 0.15) is 45.4 Å². The minimum atomic E-state index is -0.593. The van der Waals surface area contributed by atoms with Crippen molar-refractivity contribution in [2.75, 3.05) is 6.61 Å². The highest BCUT2D eigenvalue weighted by Gasteiger charge is 2.16. The minimum absolute atomic E-state index is 0.0503. The molecule has 1 aromatic carbocycles. The maximum atomic E-state index is 11.7. The van der Waals surface area contributed by atoms with Crippen LogP contribution in [-0.4, -0.2) is 23.5 Å². The zero-order valence-corrected chi connectivity index (χ0v) is 13.2. The average molecular weight is 323 g/mol. The first-order valence-corrected chi connectivity index (χ1v) is 7.64. The largest absolute Gasteiger partial charge is 0.466 e. The molecule has 23 heavy (non-hydrogen) atoms. The molecule has 0 saturated carbocycles. The van der Waals surface area contributed by atoms with Gasteiger partial charge in [-0.3, -0.25) is 19.7 Å². The van der Waals surface area contributed by atoms with Crippen LogP contribution in [0.2, 0.25) is 0 Å². The van der Waals surface area contributed by atoms with E-state index in [1.54, 1.807) is 6.07 Å². The zero-order valence-electron chi connectivity index (χ0n) is 13.2. The highest BCUT2D eigenvalue weighted by molar-refractivity contribution is 5.73. The van der Waals surface area contributed by atoms with E-state index in [0.29, 0.717) is 32.3 Å². The summed E-state index contributed by atoms with van der Waals surface area (Å²) in [7, 11) is 0. The smallest absolute Gasteiger partial charge is 0.311 e. The Hall–Kier alpha value is -2.44. The van der Waals surface area contributed by atoms with Crippen LogP contribution >= 0.6 is 0 Å². The quantitative estimate of drug-likeness (QED) is 0.215. The topological polar surface area (TPSA) is 95.7 Å². The summed E-state index contributed by atoms with van der Waals surface area (Å²) >= 11 is 0. The fourth-order valence-corrected chi connectivity index (χ4v) is 1.87. The first-order valence-electron chi connectivity index (χ1n) is 7.64. The second-order valence-electron chi connectivity index (χ2n) is 4.98. The highest BCUT2D eigenvalue weighted by atomic mass is 16.6. The molecule has 7 heteroatoms. The number of hydrogen-bond acceptors (Lipinski definition) is 6. The number of rotatable bonds is 10. The summed E-state index contributed by atoms with van der Waals surface area (Å²) in [5, 5.41) is 10.8. The van der Waals surface area contributed by atoms with E-state index >= 15 is 0 Å². The summed E-state index contributed by atoms with van der Waals surface area (Å²) in [6.45, 7) is 2.36. The van der Waals surface area contributed by atoms with Crippen molar-refractivity contribution >= 4 is 17.6 Å². The van der Waals surface area contributed by atoms with Gasteiger partial charge in [0.15, 0.2) is 0 Å². The van der Waals surface area contributed by atoms with Crippen LogP contribution in [0.3, 0.4) is 0 Å². The van der Waals surface area contributed by atoms with E-state index in [1.807, 2.05) is 6.92 Å². The number of unbranched alkanes of at least 4 members (excludes halogenated alkanes) is 2. The van der Waals surface area contributed by atoms with Gasteiger partial charge in [0.25, 0.3) is 0 Å². The zero-order chi connectivity index (χ0) is 17.1. The van der Waals surface area contributed by atoms with Crippen molar-refractivity contribution in [2.45, 2.75) is 45.4 Å². The first-order chi connectivity index (χ1) is 11.0. The van der Waals surface area contributed by atoms with E-state index in [4.69, 9.17) is 9.47 Å². The fourth-order valence-electron chi connectivity index (χ4n) is 1.87. The Bertz CT molecular complexity index is 543. The number of esters is 2. The van der Waals surface area contributed by atoms with Gasteiger partial charge in [0.2, 0.25) is 5.75 Å². The maximum absolute atomic E-state index is 11.7. The van der Waals surface area contributed by atoms with Gasteiger partial charge in [-0.2, -0.15) is 0 Å². The normalized spacial score (nSPS) is 10.1. The van der Waals surface area contributed by atoms with Gasteiger partial charge in [-0.25, -0.2) is 0 Å². The Morgan fingerprint density at radius 1 is 1.09 bits per heavy atom. The number of para-hydroxylation sites is 2. The Kier molecular flexibility index (Phi) is 8.34. The third-order valence-corrected chi connectivity index (χ3v) is 3.01. The van der Waals surface area contributed by atoms with Crippen molar-refractivity contribution in [2.24, 2.45) is 0 Å². The molecule has 0 N–H and O–H groups in total. The van der Waals surface area contributed by atoms with E-state index in [-0.39, 0.29) is 23.8 Å². The SMILES string of the molecule is CCCOC(=O)CCCCCC(=O)Oc1ccccc1[N+](=O)[O-]. The van der Waals surface area contributed by atoms with Crippen molar-refractivity contribution in [1.29, 1.82) is 0 Å². The summed E-state index contributed by atoms with van der Waals surface area (Å²) in [6, 6.07) is 5.74. The van der Waals surface area contributed by atoms with Gasteiger partial charge < -0.3 is 9.47 Å². The predicted octanol–water partition coefficient (Wildman–Crippen LogP) is 3.40. The highest BCUT2D eigenvalue weighted by Crippen LogP contribution is 2.26. The van der Waals surface area contributed by atoms with Gasteiger partial charge in [0, 0.05) is 18.9 Å². The molecule has 0 aliphatic carbocycles. The Labute approximate surface area is 134 Å². The van der Waals surface area contributed by atoms with Crippen molar-refractivity contribution in [3.63, 3.8) is 0 Å². The lowest BCUT2D eigenvalue weighted by Crippen LogP contribution is -2.09. The molecule has 0 aliphatic rings. The van der Waals surface area contributed by atoms with Crippen LogP contribution < -0.4 is 4.74 Å². The van der Waals surface area contributed by atoms with Gasteiger partial charge >= 0.3 is 17.6 Å². The Morgan fingerprint density at radius 3 is 2.39 bits per heavy atom. The second kappa shape index (κ2) is 10.3. The van der Waals surface area contributed by atoms with Gasteiger partial charge in [-0.15, -0.1) is 0 Å². The number of hydrogen-bond donors (Lipinski definition) is 0. The third-order valence-electron chi connectivity index (χ3n) is 3.01. The molecule has 0 bridgehead atoms. The molecule has 0 saturated heterocycles. The number of nitro groups is 1. The molecule has 0 atom stereocenters. The first kappa shape index (κ1) is 18.6.